The van der Waals surface area contributed by atoms with Gasteiger partial charge in [-0.15, -0.1) is 0 Å². The van der Waals surface area contributed by atoms with Gasteiger partial charge in [0, 0.05) is 16.6 Å². The van der Waals surface area contributed by atoms with E-state index in [2.05, 4.69) is 22.0 Å². The zero-order chi connectivity index (χ0) is 6.69. The summed E-state index contributed by atoms with van der Waals surface area (Å²) in [4.78, 5) is 0. The van der Waals surface area contributed by atoms with Gasteiger partial charge in [-0.3, -0.25) is 0 Å². The van der Waals surface area contributed by atoms with Gasteiger partial charge in [0.1, 0.15) is 0 Å². The largest absolute Gasteiger partial charge is 0.312 e. The van der Waals surface area contributed by atoms with Crippen LogP contribution in [0.4, 0.5) is 0 Å². The first-order valence-electron chi connectivity index (χ1n) is 2.87. The smallest absolute Gasteiger partial charge is 0.0163 e. The topological polar surface area (TPSA) is 23.9 Å². The van der Waals surface area contributed by atoms with Crippen LogP contribution in [0.2, 0.25) is 0 Å². The summed E-state index contributed by atoms with van der Waals surface area (Å²) in [5, 5.41) is 6.96. The first-order chi connectivity index (χ1) is 4.33. The van der Waals surface area contributed by atoms with Gasteiger partial charge in [-0.2, -0.15) is 0 Å². The molecule has 0 heterocycles. The van der Waals surface area contributed by atoms with Crippen molar-refractivity contribution in [3.05, 3.63) is 22.7 Å². The Morgan fingerprint density at radius 2 is 2.56 bits per heavy atom. The molecule has 1 atom stereocenters. The van der Waals surface area contributed by atoms with E-state index < -0.39 is 0 Å². The summed E-state index contributed by atoms with van der Waals surface area (Å²) in [6, 6.07) is 0. The first kappa shape index (κ1) is 6.75. The monoisotopic (exact) mass is 185 g/mol. The summed E-state index contributed by atoms with van der Waals surface area (Å²) in [5.74, 6) is 0.310. The Balaban J connectivity index is 2.65. The van der Waals surface area contributed by atoms with E-state index in [9.17, 15) is 0 Å². The second kappa shape index (κ2) is 2.97. The number of nitrogens with one attached hydrogen (secondary N) is 1. The van der Waals surface area contributed by atoms with Crippen LogP contribution in [0.3, 0.4) is 0 Å². The molecule has 0 saturated carbocycles. The molecule has 0 spiro atoms. The minimum absolute atomic E-state index is 0.310. The maximum absolute atomic E-state index is 6.96. The molecule has 0 aromatic heterocycles. The molecule has 1 rings (SSSR count). The SMILES string of the molecule is N=CC1C=C(Br)C=CC1. The molecular weight excluding hydrogens is 178 g/mol. The molecule has 2 heteroatoms. The van der Waals surface area contributed by atoms with Crippen molar-refractivity contribution in [2.24, 2.45) is 5.92 Å². The maximum Gasteiger partial charge on any atom is 0.0163 e. The number of hydrogen-bond acceptors (Lipinski definition) is 1. The second-order valence-corrected chi connectivity index (χ2v) is 2.94. The van der Waals surface area contributed by atoms with E-state index in [0.717, 1.165) is 10.9 Å². The van der Waals surface area contributed by atoms with E-state index in [0.29, 0.717) is 5.92 Å². The molecule has 0 fully saturated rings. The fourth-order valence-corrected chi connectivity index (χ4v) is 1.31. The highest BCUT2D eigenvalue weighted by molar-refractivity contribution is 9.11. The van der Waals surface area contributed by atoms with Crippen LogP contribution < -0.4 is 0 Å². The summed E-state index contributed by atoms with van der Waals surface area (Å²) < 4.78 is 1.09. The van der Waals surface area contributed by atoms with Gasteiger partial charge in [0.05, 0.1) is 0 Å². The van der Waals surface area contributed by atoms with Gasteiger partial charge in [0.2, 0.25) is 0 Å². The third-order valence-electron chi connectivity index (χ3n) is 1.27. The normalized spacial score (nSPS) is 25.4. The molecule has 0 aliphatic heterocycles. The Bertz CT molecular complexity index is 170. The van der Waals surface area contributed by atoms with Crippen molar-refractivity contribution in [1.29, 1.82) is 5.41 Å². The predicted molar refractivity (Wildman–Crippen MR) is 43.0 cm³/mol. The third-order valence-corrected chi connectivity index (χ3v) is 1.80. The van der Waals surface area contributed by atoms with Crippen LogP contribution in [0, 0.1) is 11.3 Å². The molecular formula is C7H8BrN. The van der Waals surface area contributed by atoms with Crippen molar-refractivity contribution in [2.45, 2.75) is 6.42 Å². The molecule has 0 aromatic carbocycles. The fourth-order valence-electron chi connectivity index (χ4n) is 0.782. The fraction of sp³-hybridized carbons (Fsp3) is 0.286. The maximum atomic E-state index is 6.96. The molecule has 1 aliphatic carbocycles. The minimum atomic E-state index is 0.310. The molecule has 0 aromatic rings. The highest BCUT2D eigenvalue weighted by Crippen LogP contribution is 2.18. The second-order valence-electron chi connectivity index (χ2n) is 2.02. The van der Waals surface area contributed by atoms with Crippen molar-refractivity contribution in [3.63, 3.8) is 0 Å². The molecule has 1 N–H and O–H groups in total. The molecule has 1 aliphatic rings. The average molecular weight is 186 g/mol. The van der Waals surface area contributed by atoms with Gasteiger partial charge in [0.25, 0.3) is 0 Å². The van der Waals surface area contributed by atoms with E-state index >= 15 is 0 Å². The van der Waals surface area contributed by atoms with Crippen LogP contribution in [0.1, 0.15) is 6.42 Å². The van der Waals surface area contributed by atoms with Crippen molar-refractivity contribution in [2.75, 3.05) is 0 Å². The van der Waals surface area contributed by atoms with Crippen molar-refractivity contribution < 1.29 is 0 Å². The summed E-state index contributed by atoms with van der Waals surface area (Å²) >= 11 is 3.34. The molecule has 0 radical (unpaired) electrons. The summed E-state index contributed by atoms with van der Waals surface area (Å²) in [6.45, 7) is 0. The van der Waals surface area contributed by atoms with E-state index in [1.807, 2.05) is 12.2 Å². The lowest BCUT2D eigenvalue weighted by atomic mass is 10.0. The van der Waals surface area contributed by atoms with Crippen LogP contribution >= 0.6 is 15.9 Å². The quantitative estimate of drug-likeness (QED) is 0.608. The van der Waals surface area contributed by atoms with Crippen molar-refractivity contribution in [3.8, 4) is 0 Å². The Labute approximate surface area is 63.1 Å². The number of rotatable bonds is 1. The average Bonchev–Trinajstić information content (AvgIpc) is 1.88. The lowest BCUT2D eigenvalue weighted by Gasteiger charge is -2.06. The Kier molecular flexibility index (Phi) is 2.22. The molecule has 0 saturated heterocycles. The summed E-state index contributed by atoms with van der Waals surface area (Å²) in [6.07, 6.45) is 8.55. The van der Waals surface area contributed by atoms with Gasteiger partial charge in [-0.05, 0) is 6.42 Å². The van der Waals surface area contributed by atoms with Gasteiger partial charge < -0.3 is 5.41 Å². The number of allylic oxidation sites excluding steroid dienone is 4. The predicted octanol–water partition coefficient (Wildman–Crippen LogP) is 2.49. The molecule has 48 valence electrons. The molecule has 1 unspecified atom stereocenters. The lowest BCUT2D eigenvalue weighted by molar-refractivity contribution is 0.881. The van der Waals surface area contributed by atoms with Gasteiger partial charge in [-0.1, -0.05) is 34.2 Å². The summed E-state index contributed by atoms with van der Waals surface area (Å²) in [7, 11) is 0. The van der Waals surface area contributed by atoms with E-state index in [4.69, 9.17) is 5.41 Å². The van der Waals surface area contributed by atoms with Gasteiger partial charge in [-0.25, -0.2) is 0 Å². The molecule has 0 amide bonds. The van der Waals surface area contributed by atoms with E-state index in [1.54, 1.807) is 0 Å². The lowest BCUT2D eigenvalue weighted by Crippen LogP contribution is -1.98. The van der Waals surface area contributed by atoms with Crippen LogP contribution in [-0.2, 0) is 0 Å². The van der Waals surface area contributed by atoms with E-state index in [1.165, 1.54) is 6.21 Å². The van der Waals surface area contributed by atoms with Crippen LogP contribution in [0.25, 0.3) is 0 Å². The van der Waals surface area contributed by atoms with Crippen LogP contribution in [0.5, 0.6) is 0 Å². The first-order valence-corrected chi connectivity index (χ1v) is 3.66. The van der Waals surface area contributed by atoms with Crippen molar-refractivity contribution >= 4 is 22.1 Å². The Morgan fingerprint density at radius 3 is 3.00 bits per heavy atom. The summed E-state index contributed by atoms with van der Waals surface area (Å²) in [5.41, 5.74) is 0. The number of hydrogen-bond donors (Lipinski definition) is 1. The Hall–Kier alpha value is -0.370. The van der Waals surface area contributed by atoms with Crippen LogP contribution in [0.15, 0.2) is 22.7 Å². The minimum Gasteiger partial charge on any atom is -0.312 e. The third kappa shape index (κ3) is 1.79. The Morgan fingerprint density at radius 1 is 1.78 bits per heavy atom. The molecule has 0 bridgehead atoms. The highest BCUT2D eigenvalue weighted by atomic mass is 79.9. The van der Waals surface area contributed by atoms with E-state index in [-0.39, 0.29) is 0 Å². The molecule has 1 nitrogen and oxygen atoms in total. The highest BCUT2D eigenvalue weighted by Gasteiger charge is 2.02. The van der Waals surface area contributed by atoms with Gasteiger partial charge >= 0.3 is 0 Å². The molecule has 9 heavy (non-hydrogen) atoms. The van der Waals surface area contributed by atoms with Crippen molar-refractivity contribution in [1.82, 2.24) is 0 Å². The zero-order valence-corrected chi connectivity index (χ0v) is 6.56. The standard InChI is InChI=1S/C7H8BrN/c8-7-3-1-2-6(4-7)5-9/h1,3-6,9H,2H2. The van der Waals surface area contributed by atoms with Gasteiger partial charge in [0.15, 0.2) is 0 Å². The van der Waals surface area contributed by atoms with Crippen LogP contribution in [-0.4, -0.2) is 6.21 Å². The zero-order valence-electron chi connectivity index (χ0n) is 4.97. The number of halogens is 1.